The molecule has 4 nitrogen and oxygen atoms in total. The van der Waals surface area contributed by atoms with Gasteiger partial charge in [-0.15, -0.1) is 0 Å². The van der Waals surface area contributed by atoms with Crippen molar-refractivity contribution in [3.05, 3.63) is 23.4 Å². The van der Waals surface area contributed by atoms with E-state index in [-0.39, 0.29) is 6.04 Å². The van der Waals surface area contributed by atoms with E-state index in [0.29, 0.717) is 11.9 Å². The zero-order valence-electron chi connectivity index (χ0n) is 10.6. The number of anilines is 1. The zero-order chi connectivity index (χ0) is 12.3. The Kier molecular flexibility index (Phi) is 3.97. The molecule has 0 amide bonds. The van der Waals surface area contributed by atoms with Gasteiger partial charge in [0.15, 0.2) is 0 Å². The maximum atomic E-state index is 5.95. The molecule has 4 heteroatoms. The van der Waals surface area contributed by atoms with Crippen LogP contribution in [0.4, 0.5) is 5.82 Å². The fourth-order valence-corrected chi connectivity index (χ4v) is 2.37. The number of aromatic nitrogens is 1. The van der Waals surface area contributed by atoms with Crippen LogP contribution in [-0.4, -0.2) is 24.7 Å². The molecule has 1 aliphatic rings. The van der Waals surface area contributed by atoms with E-state index in [1.807, 2.05) is 14.0 Å². The third-order valence-corrected chi connectivity index (χ3v) is 3.33. The molecule has 1 aromatic heterocycles. The summed E-state index contributed by atoms with van der Waals surface area (Å²) < 4.78 is 5.68. The normalized spacial score (nSPS) is 21.6. The monoisotopic (exact) mass is 235 g/mol. The Labute approximate surface area is 103 Å². The first-order valence-corrected chi connectivity index (χ1v) is 6.21. The van der Waals surface area contributed by atoms with Gasteiger partial charge >= 0.3 is 0 Å². The van der Waals surface area contributed by atoms with Crippen LogP contribution in [-0.2, 0) is 4.74 Å². The van der Waals surface area contributed by atoms with Crippen molar-refractivity contribution in [2.24, 2.45) is 0 Å². The molecule has 17 heavy (non-hydrogen) atoms. The number of rotatable bonds is 4. The Morgan fingerprint density at radius 1 is 1.65 bits per heavy atom. The molecule has 0 aromatic carbocycles. The predicted octanol–water partition coefficient (Wildman–Crippen LogP) is 1.80. The van der Waals surface area contributed by atoms with E-state index in [1.165, 1.54) is 6.42 Å². The van der Waals surface area contributed by atoms with Gasteiger partial charge in [-0.1, -0.05) is 0 Å². The van der Waals surface area contributed by atoms with Crippen molar-refractivity contribution in [2.75, 3.05) is 19.4 Å². The number of ether oxygens (including phenoxy) is 1. The third kappa shape index (κ3) is 2.96. The van der Waals surface area contributed by atoms with Crippen LogP contribution in [0.3, 0.4) is 0 Å². The van der Waals surface area contributed by atoms with Crippen molar-refractivity contribution in [3.8, 4) is 0 Å². The van der Waals surface area contributed by atoms with Crippen molar-refractivity contribution in [3.63, 3.8) is 0 Å². The minimum atomic E-state index is 0.227. The minimum absolute atomic E-state index is 0.227. The lowest BCUT2D eigenvalue weighted by atomic mass is 9.99. The van der Waals surface area contributed by atoms with Crippen molar-refractivity contribution in [2.45, 2.75) is 38.3 Å². The fraction of sp³-hybridized carbons (Fsp3) is 0.615. The van der Waals surface area contributed by atoms with E-state index in [4.69, 9.17) is 10.5 Å². The Morgan fingerprint density at radius 3 is 3.12 bits per heavy atom. The van der Waals surface area contributed by atoms with Crippen LogP contribution < -0.4 is 11.1 Å². The van der Waals surface area contributed by atoms with E-state index in [2.05, 4.69) is 16.4 Å². The molecule has 0 aliphatic carbocycles. The van der Waals surface area contributed by atoms with Gasteiger partial charge in [0, 0.05) is 24.4 Å². The van der Waals surface area contributed by atoms with Crippen molar-refractivity contribution < 1.29 is 4.74 Å². The van der Waals surface area contributed by atoms with Gasteiger partial charge in [0.2, 0.25) is 0 Å². The predicted molar refractivity (Wildman–Crippen MR) is 68.8 cm³/mol. The number of nitrogens with two attached hydrogens (primary N) is 1. The number of aryl methyl sites for hydroxylation is 1. The fourth-order valence-electron chi connectivity index (χ4n) is 2.37. The summed E-state index contributed by atoms with van der Waals surface area (Å²) in [6.07, 6.45) is 5.44. The molecule has 3 N–H and O–H groups in total. The van der Waals surface area contributed by atoms with E-state index in [9.17, 15) is 0 Å². The second-order valence-electron chi connectivity index (χ2n) is 4.70. The lowest BCUT2D eigenvalue weighted by molar-refractivity contribution is 0.0954. The number of nitrogen functional groups attached to an aromatic ring is 1. The third-order valence-electron chi connectivity index (χ3n) is 3.33. The van der Waals surface area contributed by atoms with Gasteiger partial charge in [-0.25, -0.2) is 4.98 Å². The molecule has 2 atom stereocenters. The highest BCUT2D eigenvalue weighted by Crippen LogP contribution is 2.27. The summed E-state index contributed by atoms with van der Waals surface area (Å²) in [5.41, 5.74) is 8.17. The molecule has 2 rings (SSSR count). The van der Waals surface area contributed by atoms with Gasteiger partial charge in [-0.2, -0.15) is 0 Å². The minimum Gasteiger partial charge on any atom is -0.383 e. The van der Waals surface area contributed by atoms with Gasteiger partial charge in [-0.05, 0) is 44.9 Å². The van der Waals surface area contributed by atoms with Crippen LogP contribution in [0, 0.1) is 6.92 Å². The lowest BCUT2D eigenvalue weighted by Crippen LogP contribution is -2.23. The van der Waals surface area contributed by atoms with Crippen LogP contribution in [0.5, 0.6) is 0 Å². The molecule has 2 unspecified atom stereocenters. The van der Waals surface area contributed by atoms with Crippen LogP contribution in [0.25, 0.3) is 0 Å². The summed E-state index contributed by atoms with van der Waals surface area (Å²) in [5, 5.41) is 3.31. The number of pyridine rings is 1. The standard InChI is InChI=1S/C13H21N3O/c1-9-6-11(13(14)16-8-9)12(15-2)7-10-4-3-5-17-10/h6,8,10,12,15H,3-5,7H2,1-2H3,(H2,14,16). The Balaban J connectivity index is 2.13. The van der Waals surface area contributed by atoms with Crippen molar-refractivity contribution in [1.29, 1.82) is 0 Å². The second kappa shape index (κ2) is 5.47. The molecular weight excluding hydrogens is 214 g/mol. The van der Waals surface area contributed by atoms with Crippen LogP contribution in [0.15, 0.2) is 12.3 Å². The Bertz CT molecular complexity index is 375. The smallest absolute Gasteiger partial charge is 0.128 e. The molecule has 1 saturated heterocycles. The number of nitrogens with one attached hydrogen (secondary N) is 1. The maximum Gasteiger partial charge on any atom is 0.128 e. The van der Waals surface area contributed by atoms with Gasteiger partial charge in [-0.3, -0.25) is 0 Å². The molecule has 0 radical (unpaired) electrons. The molecule has 94 valence electrons. The molecule has 1 aliphatic heterocycles. The van der Waals surface area contributed by atoms with Gasteiger partial charge < -0.3 is 15.8 Å². The molecule has 2 heterocycles. The molecule has 0 spiro atoms. The summed E-state index contributed by atoms with van der Waals surface area (Å²) in [4.78, 5) is 4.22. The molecule has 1 aromatic rings. The Hall–Kier alpha value is -1.13. The number of hydrogen-bond acceptors (Lipinski definition) is 4. The lowest BCUT2D eigenvalue weighted by Gasteiger charge is -2.21. The molecule has 0 bridgehead atoms. The second-order valence-corrected chi connectivity index (χ2v) is 4.70. The highest BCUT2D eigenvalue weighted by Gasteiger charge is 2.22. The molecular formula is C13H21N3O. The number of hydrogen-bond donors (Lipinski definition) is 2. The van der Waals surface area contributed by atoms with E-state index in [0.717, 1.165) is 30.6 Å². The summed E-state index contributed by atoms with van der Waals surface area (Å²) in [6, 6.07) is 2.34. The van der Waals surface area contributed by atoms with Gasteiger partial charge in [0.05, 0.1) is 6.10 Å². The van der Waals surface area contributed by atoms with Crippen molar-refractivity contribution >= 4 is 5.82 Å². The van der Waals surface area contributed by atoms with Crippen LogP contribution in [0.1, 0.15) is 36.4 Å². The van der Waals surface area contributed by atoms with Crippen LogP contribution in [0.2, 0.25) is 0 Å². The highest BCUT2D eigenvalue weighted by molar-refractivity contribution is 5.43. The van der Waals surface area contributed by atoms with Crippen LogP contribution >= 0.6 is 0 Å². The quantitative estimate of drug-likeness (QED) is 0.835. The topological polar surface area (TPSA) is 60.2 Å². The van der Waals surface area contributed by atoms with Gasteiger partial charge in [0.1, 0.15) is 5.82 Å². The Morgan fingerprint density at radius 2 is 2.47 bits per heavy atom. The zero-order valence-corrected chi connectivity index (χ0v) is 10.6. The largest absolute Gasteiger partial charge is 0.383 e. The van der Waals surface area contributed by atoms with E-state index >= 15 is 0 Å². The first-order valence-electron chi connectivity index (χ1n) is 6.21. The average Bonchev–Trinajstić information content (AvgIpc) is 2.82. The van der Waals surface area contributed by atoms with Gasteiger partial charge in [0.25, 0.3) is 0 Å². The maximum absolute atomic E-state index is 5.95. The van der Waals surface area contributed by atoms with E-state index < -0.39 is 0 Å². The van der Waals surface area contributed by atoms with Crippen molar-refractivity contribution in [1.82, 2.24) is 10.3 Å². The first kappa shape index (κ1) is 12.3. The SMILES string of the molecule is CNC(CC1CCCO1)c1cc(C)cnc1N. The summed E-state index contributed by atoms with van der Waals surface area (Å²) in [5.74, 6) is 0.618. The average molecular weight is 235 g/mol. The summed E-state index contributed by atoms with van der Waals surface area (Å²) in [6.45, 7) is 2.93. The van der Waals surface area contributed by atoms with E-state index in [1.54, 1.807) is 6.20 Å². The summed E-state index contributed by atoms with van der Waals surface area (Å²) in [7, 11) is 1.96. The molecule has 0 saturated carbocycles. The highest BCUT2D eigenvalue weighted by atomic mass is 16.5. The first-order chi connectivity index (χ1) is 8.20. The number of nitrogens with zero attached hydrogens (tertiary/aromatic N) is 1. The molecule has 1 fully saturated rings. The summed E-state index contributed by atoms with van der Waals surface area (Å²) >= 11 is 0.